The number of halogens is 3. The molecule has 0 spiro atoms. The average molecular weight is 250 g/mol. The van der Waals surface area contributed by atoms with Gasteiger partial charge in [-0.2, -0.15) is 13.2 Å². The first-order valence-corrected chi connectivity index (χ1v) is 6.14. The summed E-state index contributed by atoms with van der Waals surface area (Å²) in [6.45, 7) is 0.0289. The smallest absolute Gasteiger partial charge is 0.391 e. The molecule has 3 N–H and O–H groups in total. The number of fused-ring (bicyclic) bond motifs is 1. The van der Waals surface area contributed by atoms with E-state index in [1.54, 1.807) is 0 Å². The van der Waals surface area contributed by atoms with Gasteiger partial charge in [-0.05, 0) is 30.6 Å². The van der Waals surface area contributed by atoms with E-state index in [-0.39, 0.29) is 17.9 Å². The molecule has 98 valence electrons. The number of rotatable bonds is 2. The maximum atomic E-state index is 12.9. The molecule has 2 bridgehead atoms. The van der Waals surface area contributed by atoms with Crippen molar-refractivity contribution in [1.82, 2.24) is 4.90 Å². The normalized spacial score (nSPS) is 46.8. The molecule has 3 nitrogen and oxygen atoms in total. The number of likely N-dealkylation sites (tertiary alicyclic amines) is 1. The molecule has 6 atom stereocenters. The van der Waals surface area contributed by atoms with Crippen LogP contribution in [0, 0.1) is 17.8 Å². The van der Waals surface area contributed by atoms with Crippen molar-refractivity contribution < 1.29 is 18.3 Å². The fraction of sp³-hybridized carbons (Fsp3) is 1.00. The van der Waals surface area contributed by atoms with Gasteiger partial charge in [-0.25, -0.2) is 0 Å². The fourth-order valence-corrected chi connectivity index (χ4v) is 4.27. The molecule has 17 heavy (non-hydrogen) atoms. The van der Waals surface area contributed by atoms with Crippen molar-refractivity contribution in [2.45, 2.75) is 37.2 Å². The number of hydrogen-bond donors (Lipinski definition) is 2. The molecule has 0 aromatic rings. The van der Waals surface area contributed by atoms with E-state index in [1.165, 1.54) is 4.90 Å². The van der Waals surface area contributed by atoms with Crippen LogP contribution in [0.3, 0.4) is 0 Å². The monoisotopic (exact) mass is 250 g/mol. The highest BCUT2D eigenvalue weighted by Gasteiger charge is 2.62. The molecular formula is C11H17F3N2O. The van der Waals surface area contributed by atoms with E-state index >= 15 is 0 Å². The predicted octanol–water partition coefficient (Wildman–Crippen LogP) is 0.577. The van der Waals surface area contributed by atoms with Gasteiger partial charge in [0.15, 0.2) is 0 Å². The van der Waals surface area contributed by atoms with Crippen LogP contribution in [0.5, 0.6) is 0 Å². The van der Waals surface area contributed by atoms with Crippen LogP contribution in [0.15, 0.2) is 0 Å². The first kappa shape index (κ1) is 11.7. The van der Waals surface area contributed by atoms with Crippen LogP contribution in [-0.2, 0) is 0 Å². The molecule has 0 amide bonds. The minimum Gasteiger partial charge on any atom is -0.391 e. The van der Waals surface area contributed by atoms with Crippen molar-refractivity contribution in [1.29, 1.82) is 0 Å². The van der Waals surface area contributed by atoms with E-state index < -0.39 is 24.9 Å². The maximum absolute atomic E-state index is 12.9. The number of nitrogens with two attached hydrogens (primary N) is 1. The van der Waals surface area contributed by atoms with Gasteiger partial charge in [0, 0.05) is 19.1 Å². The summed E-state index contributed by atoms with van der Waals surface area (Å²) in [5.41, 5.74) is 5.28. The van der Waals surface area contributed by atoms with Crippen LogP contribution >= 0.6 is 0 Å². The Labute approximate surface area is 97.8 Å². The largest absolute Gasteiger partial charge is 0.405 e. The second kappa shape index (κ2) is 3.59. The maximum Gasteiger partial charge on any atom is 0.405 e. The van der Waals surface area contributed by atoms with Crippen molar-refractivity contribution in [2.75, 3.05) is 13.1 Å². The molecule has 3 fully saturated rings. The van der Waals surface area contributed by atoms with Gasteiger partial charge in [0.05, 0.1) is 6.10 Å². The highest BCUT2D eigenvalue weighted by molar-refractivity contribution is 5.12. The van der Waals surface area contributed by atoms with Crippen molar-refractivity contribution in [3.8, 4) is 0 Å². The molecule has 0 aromatic heterocycles. The number of hydrogen-bond acceptors (Lipinski definition) is 3. The first-order valence-electron chi connectivity index (χ1n) is 6.14. The Kier molecular flexibility index (Phi) is 2.48. The van der Waals surface area contributed by atoms with Crippen molar-refractivity contribution in [3.05, 3.63) is 0 Å². The molecule has 2 saturated carbocycles. The molecule has 1 heterocycles. The summed E-state index contributed by atoms with van der Waals surface area (Å²) in [6.07, 6.45) is -3.11. The summed E-state index contributed by atoms with van der Waals surface area (Å²) in [4.78, 5) is 1.42. The zero-order valence-corrected chi connectivity index (χ0v) is 9.40. The van der Waals surface area contributed by atoms with E-state index in [0.29, 0.717) is 12.5 Å². The zero-order chi connectivity index (χ0) is 12.4. The SMILES string of the molecule is NCC(N1CC2CC3CC2C1C3O)C(F)(F)F. The van der Waals surface area contributed by atoms with Gasteiger partial charge in [0.2, 0.25) is 0 Å². The third kappa shape index (κ3) is 1.54. The summed E-state index contributed by atoms with van der Waals surface area (Å²) >= 11 is 0. The Morgan fingerprint density at radius 3 is 2.53 bits per heavy atom. The summed E-state index contributed by atoms with van der Waals surface area (Å²) in [5, 5.41) is 10.0. The zero-order valence-electron chi connectivity index (χ0n) is 9.40. The number of nitrogens with zero attached hydrogens (tertiary/aromatic N) is 1. The highest BCUT2D eigenvalue weighted by Crippen LogP contribution is 2.56. The van der Waals surface area contributed by atoms with Crippen molar-refractivity contribution >= 4 is 0 Å². The molecule has 6 heteroatoms. The summed E-state index contributed by atoms with van der Waals surface area (Å²) in [7, 11) is 0. The van der Waals surface area contributed by atoms with E-state index in [0.717, 1.165) is 12.8 Å². The Hall–Kier alpha value is -0.330. The molecule has 3 aliphatic rings. The summed E-state index contributed by atoms with van der Waals surface area (Å²) in [6, 6.07) is -1.90. The van der Waals surface area contributed by atoms with Gasteiger partial charge >= 0.3 is 6.18 Å². The van der Waals surface area contributed by atoms with E-state index in [1.807, 2.05) is 0 Å². The third-order valence-corrected chi connectivity index (χ3v) is 4.89. The average Bonchev–Trinajstić information content (AvgIpc) is 2.77. The minimum absolute atomic E-state index is 0.214. The van der Waals surface area contributed by atoms with Crippen LogP contribution in [0.2, 0.25) is 0 Å². The topological polar surface area (TPSA) is 49.5 Å². The first-order chi connectivity index (χ1) is 7.93. The molecule has 0 radical (unpaired) electrons. The Morgan fingerprint density at radius 1 is 1.29 bits per heavy atom. The lowest BCUT2D eigenvalue weighted by Gasteiger charge is -2.35. The highest BCUT2D eigenvalue weighted by atomic mass is 19.4. The quantitative estimate of drug-likeness (QED) is 0.753. The number of aliphatic hydroxyl groups excluding tert-OH is 1. The lowest BCUT2D eigenvalue weighted by atomic mass is 9.88. The third-order valence-electron chi connectivity index (χ3n) is 4.89. The standard InChI is InChI=1S/C11H17F3N2O/c12-11(13,14)8(3-15)16-4-6-1-5-2-7(6)9(16)10(5)17/h5-10,17H,1-4,15H2. The molecule has 0 aromatic carbocycles. The number of alkyl halides is 3. The van der Waals surface area contributed by atoms with Crippen molar-refractivity contribution in [3.63, 3.8) is 0 Å². The second-order valence-electron chi connectivity index (χ2n) is 5.63. The molecule has 6 unspecified atom stereocenters. The molecule has 3 rings (SSSR count). The van der Waals surface area contributed by atoms with Crippen LogP contribution in [0.25, 0.3) is 0 Å². The lowest BCUT2D eigenvalue weighted by Crippen LogP contribution is -2.55. The predicted molar refractivity (Wildman–Crippen MR) is 55.1 cm³/mol. The minimum atomic E-state index is -4.30. The van der Waals surface area contributed by atoms with Gasteiger partial charge < -0.3 is 10.8 Å². The number of aliphatic hydroxyl groups is 1. The van der Waals surface area contributed by atoms with Crippen LogP contribution in [0.1, 0.15) is 12.8 Å². The van der Waals surface area contributed by atoms with Gasteiger partial charge in [-0.15, -0.1) is 0 Å². The van der Waals surface area contributed by atoms with Crippen LogP contribution < -0.4 is 5.73 Å². The van der Waals surface area contributed by atoms with Gasteiger partial charge in [-0.1, -0.05) is 0 Å². The fourth-order valence-electron chi connectivity index (χ4n) is 4.27. The van der Waals surface area contributed by atoms with Crippen LogP contribution in [-0.4, -0.2) is 47.5 Å². The Morgan fingerprint density at radius 2 is 2.00 bits per heavy atom. The summed E-state index contributed by atoms with van der Waals surface area (Å²) in [5.74, 6) is 0.808. The molecule has 2 aliphatic carbocycles. The van der Waals surface area contributed by atoms with Crippen LogP contribution in [0.4, 0.5) is 13.2 Å². The Balaban J connectivity index is 1.86. The molecule has 1 aliphatic heterocycles. The molecule has 1 saturated heterocycles. The van der Waals surface area contributed by atoms with Gasteiger partial charge in [0.1, 0.15) is 6.04 Å². The van der Waals surface area contributed by atoms with E-state index in [9.17, 15) is 18.3 Å². The molecular weight excluding hydrogens is 233 g/mol. The Bertz CT molecular complexity index is 318. The second-order valence-corrected chi connectivity index (χ2v) is 5.63. The van der Waals surface area contributed by atoms with E-state index in [4.69, 9.17) is 5.73 Å². The lowest BCUT2D eigenvalue weighted by molar-refractivity contribution is -0.187. The van der Waals surface area contributed by atoms with Gasteiger partial charge in [0.25, 0.3) is 0 Å². The van der Waals surface area contributed by atoms with E-state index in [2.05, 4.69) is 0 Å². The van der Waals surface area contributed by atoms with Gasteiger partial charge in [-0.3, -0.25) is 4.90 Å². The summed E-state index contributed by atoms with van der Waals surface area (Å²) < 4.78 is 38.7. The van der Waals surface area contributed by atoms with Crippen molar-refractivity contribution in [2.24, 2.45) is 23.5 Å².